The Labute approximate surface area is 109 Å². The number of nitrogens with zero attached hydrogens (tertiary/aromatic N) is 2. The maximum atomic E-state index is 13.3. The van der Waals surface area contributed by atoms with E-state index >= 15 is 0 Å². The van der Waals surface area contributed by atoms with Gasteiger partial charge in [-0.2, -0.15) is 0 Å². The summed E-state index contributed by atoms with van der Waals surface area (Å²) in [5.41, 5.74) is 11.2. The zero-order valence-corrected chi connectivity index (χ0v) is 12.2. The Bertz CT molecular complexity index is 493. The molecule has 98 valence electrons. The van der Waals surface area contributed by atoms with Crippen LogP contribution in [-0.4, -0.2) is 23.8 Å². The third-order valence-electron chi connectivity index (χ3n) is 2.92. The van der Waals surface area contributed by atoms with Gasteiger partial charge in [-0.1, -0.05) is 19.6 Å². The summed E-state index contributed by atoms with van der Waals surface area (Å²) in [6, 6.07) is -0.199. The minimum absolute atomic E-state index is 0.199. The Hall–Kier alpha value is -1.12. The first kappa shape index (κ1) is 13.3. The number of nitrogens with two attached hydrogens (primary N) is 1. The number of rotatable bonds is 2. The van der Waals surface area contributed by atoms with Crippen LogP contribution in [0.2, 0.25) is 19.6 Å². The molecule has 0 aliphatic carbocycles. The predicted octanol–water partition coefficient (Wildman–Crippen LogP) is 2.05. The van der Waals surface area contributed by atoms with Crippen LogP contribution in [0.5, 0.6) is 0 Å². The van der Waals surface area contributed by atoms with Crippen molar-refractivity contribution < 1.29 is 4.39 Å². The van der Waals surface area contributed by atoms with Crippen LogP contribution in [0.1, 0.15) is 23.9 Å². The van der Waals surface area contributed by atoms with E-state index < -0.39 is 14.2 Å². The zero-order chi connectivity index (χ0) is 13.3. The normalized spacial score (nSPS) is 20.2. The van der Waals surface area contributed by atoms with Gasteiger partial charge in [-0.05, 0) is 0 Å². The Kier molecular flexibility index (Phi) is 3.60. The average molecular weight is 265 g/mol. The molecular weight excluding hydrogens is 245 g/mol. The molecule has 0 spiro atoms. The van der Waals surface area contributed by atoms with Gasteiger partial charge in [0.2, 0.25) is 0 Å². The molecule has 0 fully saturated rings. The topological polar surface area (TPSA) is 43.8 Å². The van der Waals surface area contributed by atoms with E-state index in [1.807, 2.05) is 4.57 Å². The fraction of sp³-hybridized carbons (Fsp3) is 0.615. The van der Waals surface area contributed by atoms with Crippen molar-refractivity contribution in [2.75, 3.05) is 0 Å². The second kappa shape index (κ2) is 4.86. The molecule has 18 heavy (non-hydrogen) atoms. The van der Waals surface area contributed by atoms with Crippen molar-refractivity contribution in [3.8, 4) is 11.5 Å². The van der Waals surface area contributed by atoms with Crippen LogP contribution in [0.25, 0.3) is 0 Å². The van der Waals surface area contributed by atoms with Crippen LogP contribution in [0.4, 0.5) is 4.39 Å². The van der Waals surface area contributed by atoms with Gasteiger partial charge in [0.05, 0.1) is 24.6 Å². The smallest absolute Gasteiger partial charge is 0.129 e. The lowest BCUT2D eigenvalue weighted by Gasteiger charge is -2.08. The first-order valence-corrected chi connectivity index (χ1v) is 9.80. The van der Waals surface area contributed by atoms with E-state index in [9.17, 15) is 4.39 Å². The lowest BCUT2D eigenvalue weighted by molar-refractivity contribution is 0.328. The number of aromatic nitrogens is 2. The van der Waals surface area contributed by atoms with Gasteiger partial charge in [0.25, 0.3) is 0 Å². The van der Waals surface area contributed by atoms with Gasteiger partial charge in [0.15, 0.2) is 0 Å². The molecule has 0 aromatic carbocycles. The van der Waals surface area contributed by atoms with Crippen LogP contribution in [0, 0.1) is 11.5 Å². The van der Waals surface area contributed by atoms with Crippen LogP contribution in [-0.2, 0) is 13.0 Å². The molecule has 2 N–H and O–H groups in total. The van der Waals surface area contributed by atoms with Gasteiger partial charge in [0.1, 0.15) is 14.2 Å². The summed E-state index contributed by atoms with van der Waals surface area (Å²) in [5, 5.41) is 0. The molecule has 1 unspecified atom stereocenters. The van der Waals surface area contributed by atoms with Crippen molar-refractivity contribution in [2.24, 2.45) is 5.73 Å². The maximum absolute atomic E-state index is 13.3. The van der Waals surface area contributed by atoms with E-state index in [0.29, 0.717) is 19.4 Å². The van der Waals surface area contributed by atoms with Crippen LogP contribution < -0.4 is 5.73 Å². The van der Waals surface area contributed by atoms with Gasteiger partial charge < -0.3 is 10.3 Å². The van der Waals surface area contributed by atoms with Gasteiger partial charge in [0, 0.05) is 18.5 Å². The molecule has 3 nitrogen and oxygen atoms in total. The molecule has 1 aromatic heterocycles. The van der Waals surface area contributed by atoms with E-state index in [0.717, 1.165) is 11.4 Å². The van der Waals surface area contributed by atoms with E-state index in [-0.39, 0.29) is 6.04 Å². The van der Waals surface area contributed by atoms with Crippen molar-refractivity contribution in [2.45, 2.75) is 51.2 Å². The minimum Gasteiger partial charge on any atom is -0.331 e. The predicted molar refractivity (Wildman–Crippen MR) is 73.5 cm³/mol. The highest BCUT2D eigenvalue weighted by Gasteiger charge is 2.26. The summed E-state index contributed by atoms with van der Waals surface area (Å²) in [6.45, 7) is 7.02. The highest BCUT2D eigenvalue weighted by molar-refractivity contribution is 6.83. The number of hydrogen-bond acceptors (Lipinski definition) is 2. The Morgan fingerprint density at radius 2 is 2.33 bits per heavy atom. The van der Waals surface area contributed by atoms with Crippen LogP contribution >= 0.6 is 0 Å². The van der Waals surface area contributed by atoms with E-state index in [1.165, 1.54) is 0 Å². The Balaban J connectivity index is 2.06. The first-order chi connectivity index (χ1) is 8.37. The lowest BCUT2D eigenvalue weighted by atomic mass is 10.1. The first-order valence-electron chi connectivity index (χ1n) is 6.30. The molecule has 0 saturated heterocycles. The van der Waals surface area contributed by atoms with E-state index in [4.69, 9.17) is 5.73 Å². The van der Waals surface area contributed by atoms with Crippen molar-refractivity contribution >= 4 is 8.07 Å². The Morgan fingerprint density at radius 3 is 3.00 bits per heavy atom. The van der Waals surface area contributed by atoms with Crippen molar-refractivity contribution in [3.05, 3.63) is 17.7 Å². The van der Waals surface area contributed by atoms with Gasteiger partial charge in [-0.3, -0.25) is 0 Å². The highest BCUT2D eigenvalue weighted by Crippen LogP contribution is 2.25. The summed E-state index contributed by atoms with van der Waals surface area (Å²) in [7, 11) is -1.34. The van der Waals surface area contributed by atoms with Gasteiger partial charge in [-0.15, -0.1) is 11.5 Å². The molecule has 1 aromatic rings. The van der Waals surface area contributed by atoms with Gasteiger partial charge >= 0.3 is 0 Å². The maximum Gasteiger partial charge on any atom is 0.129 e. The largest absolute Gasteiger partial charge is 0.331 e. The summed E-state index contributed by atoms with van der Waals surface area (Å²) < 4.78 is 15.2. The van der Waals surface area contributed by atoms with E-state index in [2.05, 4.69) is 36.1 Å². The molecule has 2 heterocycles. The summed E-state index contributed by atoms with van der Waals surface area (Å²) in [6.07, 6.45) is 1.94. The summed E-state index contributed by atoms with van der Waals surface area (Å²) in [4.78, 5) is 4.30. The Morgan fingerprint density at radius 1 is 1.61 bits per heavy atom. The average Bonchev–Trinajstić information content (AvgIpc) is 2.73. The number of alkyl halides is 1. The van der Waals surface area contributed by atoms with Crippen molar-refractivity contribution in [1.29, 1.82) is 0 Å². The molecular formula is C13H20FN3Si. The fourth-order valence-corrected chi connectivity index (χ4v) is 2.76. The monoisotopic (exact) mass is 265 g/mol. The number of halogens is 1. The number of hydrogen-bond donors (Lipinski definition) is 1. The van der Waals surface area contributed by atoms with Crippen molar-refractivity contribution in [3.63, 3.8) is 0 Å². The van der Waals surface area contributed by atoms with Crippen LogP contribution in [0.15, 0.2) is 6.33 Å². The zero-order valence-electron chi connectivity index (χ0n) is 11.2. The molecule has 0 saturated carbocycles. The molecule has 1 aliphatic rings. The quantitative estimate of drug-likeness (QED) is 0.657. The van der Waals surface area contributed by atoms with Gasteiger partial charge in [-0.25, -0.2) is 9.37 Å². The summed E-state index contributed by atoms with van der Waals surface area (Å²) in [5.74, 6) is 3.16. The standard InChI is InChI=1S/C13H20FN3Si/c1-18(2,3)6-4-5-11(15)13-12-7-10(14)8-17(12)9-16-13/h9-11H,5,7-8,15H2,1-3H3/t10-,11?/m1/s1. The number of fused-ring (bicyclic) bond motifs is 1. The fourth-order valence-electron chi connectivity index (χ4n) is 2.12. The van der Waals surface area contributed by atoms with Crippen molar-refractivity contribution in [1.82, 2.24) is 9.55 Å². The van der Waals surface area contributed by atoms with Crippen LogP contribution in [0.3, 0.4) is 0 Å². The number of imidazole rings is 1. The third kappa shape index (κ3) is 3.00. The summed E-state index contributed by atoms with van der Waals surface area (Å²) >= 11 is 0. The molecule has 0 radical (unpaired) electrons. The molecule has 0 bridgehead atoms. The molecule has 2 rings (SSSR count). The minimum atomic E-state index is -1.34. The van der Waals surface area contributed by atoms with E-state index in [1.54, 1.807) is 6.33 Å². The molecule has 2 atom stereocenters. The molecule has 0 amide bonds. The second-order valence-corrected chi connectivity index (χ2v) is 10.6. The SMILES string of the molecule is C[Si](C)(C)C#CCC(N)c1ncn2c1C[C@@H](F)C2. The molecule has 5 heteroatoms. The highest BCUT2D eigenvalue weighted by atomic mass is 28.3. The third-order valence-corrected chi connectivity index (χ3v) is 3.85. The second-order valence-electron chi connectivity index (χ2n) is 5.89. The lowest BCUT2D eigenvalue weighted by Crippen LogP contribution is -2.17. The molecule has 1 aliphatic heterocycles.